The molecule has 0 unspecified atom stereocenters. The van der Waals surface area contributed by atoms with Crippen molar-refractivity contribution in [1.82, 2.24) is 10.2 Å². The Morgan fingerprint density at radius 1 is 1.21 bits per heavy atom. The largest absolute Gasteiger partial charge is 0.450 e. The van der Waals surface area contributed by atoms with E-state index in [1.54, 1.807) is 42.7 Å². The van der Waals surface area contributed by atoms with Crippen molar-refractivity contribution in [2.75, 3.05) is 23.8 Å². The molecule has 0 aliphatic carbocycles. The Balaban J connectivity index is 2.06. The molecule has 13 heteroatoms. The van der Waals surface area contributed by atoms with E-state index in [-0.39, 0.29) is 33.3 Å². The molecule has 0 radical (unpaired) electrons. The standard InChI is InChI=1S/C21H18Cl2N4O5S2/c1-33-11-31-21(28)17(24)16(23)18(25-15-9-4-3-8-14(15)22)20-27-26-19(32-20)12-6-5-7-13(10-12)34(2,29)30/h3-10,24-25H,11H2,1-2H3/b18-16+,24-17?. The normalized spacial score (nSPS) is 12.1. The Morgan fingerprint density at radius 3 is 2.62 bits per heavy atom. The average molecular weight is 541 g/mol. The predicted octanol–water partition coefficient (Wildman–Crippen LogP) is 4.70. The van der Waals surface area contributed by atoms with Crippen LogP contribution in [0, 0.1) is 5.41 Å². The highest BCUT2D eigenvalue weighted by Gasteiger charge is 2.24. The van der Waals surface area contributed by atoms with Gasteiger partial charge in [0, 0.05) is 11.8 Å². The second-order valence-corrected chi connectivity index (χ2v) is 10.3. The lowest BCUT2D eigenvalue weighted by molar-refractivity contribution is -0.133. The fourth-order valence-corrected chi connectivity index (χ4v) is 3.88. The maximum atomic E-state index is 12.2. The molecular formula is C21H18Cl2N4O5S2. The third-order valence-corrected chi connectivity index (χ3v) is 6.40. The van der Waals surface area contributed by atoms with Gasteiger partial charge < -0.3 is 14.5 Å². The van der Waals surface area contributed by atoms with Crippen molar-refractivity contribution >= 4 is 67.9 Å². The highest BCUT2D eigenvalue weighted by atomic mass is 35.5. The highest BCUT2D eigenvalue weighted by Crippen LogP contribution is 2.30. The van der Waals surface area contributed by atoms with Gasteiger partial charge in [0.25, 0.3) is 5.89 Å². The number of hydrogen-bond acceptors (Lipinski definition) is 10. The molecule has 0 atom stereocenters. The van der Waals surface area contributed by atoms with Crippen LogP contribution in [-0.4, -0.2) is 48.7 Å². The number of para-hydroxylation sites is 1. The number of carbonyl (C=O) groups excluding carboxylic acids is 1. The molecule has 1 aromatic heterocycles. The highest BCUT2D eigenvalue weighted by molar-refractivity contribution is 7.98. The van der Waals surface area contributed by atoms with E-state index in [1.165, 1.54) is 23.9 Å². The number of rotatable bonds is 9. The molecular weight excluding hydrogens is 523 g/mol. The second kappa shape index (κ2) is 11.0. The van der Waals surface area contributed by atoms with E-state index in [1.807, 2.05) is 0 Å². The van der Waals surface area contributed by atoms with Crippen molar-refractivity contribution in [3.05, 3.63) is 64.5 Å². The van der Waals surface area contributed by atoms with Crippen LogP contribution in [-0.2, 0) is 19.4 Å². The van der Waals surface area contributed by atoms with Gasteiger partial charge in [-0.3, -0.25) is 5.41 Å². The lowest BCUT2D eigenvalue weighted by atomic mass is 10.2. The van der Waals surface area contributed by atoms with Gasteiger partial charge in [-0.15, -0.1) is 22.0 Å². The van der Waals surface area contributed by atoms with Gasteiger partial charge in [-0.25, -0.2) is 13.2 Å². The van der Waals surface area contributed by atoms with Crippen molar-refractivity contribution in [2.24, 2.45) is 0 Å². The number of nitrogens with one attached hydrogen (secondary N) is 2. The zero-order chi connectivity index (χ0) is 24.9. The summed E-state index contributed by atoms with van der Waals surface area (Å²) in [5.41, 5.74) is 0.0637. The molecule has 34 heavy (non-hydrogen) atoms. The van der Waals surface area contributed by atoms with Gasteiger partial charge >= 0.3 is 5.97 Å². The molecule has 0 aliphatic heterocycles. The Morgan fingerprint density at radius 2 is 1.94 bits per heavy atom. The number of esters is 1. The van der Waals surface area contributed by atoms with Crippen LogP contribution in [0.4, 0.5) is 5.69 Å². The zero-order valence-electron chi connectivity index (χ0n) is 17.8. The van der Waals surface area contributed by atoms with Crippen molar-refractivity contribution in [1.29, 1.82) is 5.41 Å². The Hall–Kier alpha value is -2.86. The summed E-state index contributed by atoms with van der Waals surface area (Å²) in [6, 6.07) is 12.7. The van der Waals surface area contributed by atoms with Gasteiger partial charge in [0.05, 0.1) is 15.6 Å². The lowest BCUT2D eigenvalue weighted by Gasteiger charge is -2.12. The number of nitrogens with zero attached hydrogens (tertiary/aromatic N) is 2. The molecule has 0 saturated heterocycles. The van der Waals surface area contributed by atoms with E-state index in [0.717, 1.165) is 6.26 Å². The minimum absolute atomic E-state index is 0.0000783. The minimum atomic E-state index is -3.46. The van der Waals surface area contributed by atoms with E-state index >= 15 is 0 Å². The predicted molar refractivity (Wildman–Crippen MR) is 133 cm³/mol. The zero-order valence-corrected chi connectivity index (χ0v) is 21.0. The Kier molecular flexibility index (Phi) is 8.37. The molecule has 0 bridgehead atoms. The first-order chi connectivity index (χ1) is 16.1. The van der Waals surface area contributed by atoms with Gasteiger partial charge in [0.15, 0.2) is 15.5 Å². The van der Waals surface area contributed by atoms with Crippen LogP contribution >= 0.6 is 35.0 Å². The summed E-state index contributed by atoms with van der Waals surface area (Å²) in [4.78, 5) is 12.3. The van der Waals surface area contributed by atoms with Gasteiger partial charge in [0.2, 0.25) is 5.89 Å². The van der Waals surface area contributed by atoms with E-state index in [9.17, 15) is 13.2 Å². The molecule has 178 valence electrons. The van der Waals surface area contributed by atoms with Crippen LogP contribution in [0.5, 0.6) is 0 Å². The Labute approximate surface area is 209 Å². The second-order valence-electron chi connectivity index (χ2n) is 6.72. The molecule has 2 aromatic carbocycles. The summed E-state index contributed by atoms with van der Waals surface area (Å²) in [6.07, 6.45) is 2.82. The van der Waals surface area contributed by atoms with Crippen LogP contribution in [0.25, 0.3) is 17.2 Å². The summed E-state index contributed by atoms with van der Waals surface area (Å²) in [5, 5.41) is 19.0. The number of ether oxygens (including phenoxy) is 1. The maximum absolute atomic E-state index is 12.2. The number of halogens is 2. The van der Waals surface area contributed by atoms with Crippen molar-refractivity contribution < 1.29 is 22.4 Å². The molecule has 0 fully saturated rings. The number of aromatic nitrogens is 2. The van der Waals surface area contributed by atoms with Crippen molar-refractivity contribution in [3.8, 4) is 11.5 Å². The van der Waals surface area contributed by atoms with Gasteiger partial charge in [-0.2, -0.15) is 0 Å². The molecule has 3 rings (SSSR count). The van der Waals surface area contributed by atoms with E-state index < -0.39 is 21.5 Å². The third kappa shape index (κ3) is 6.17. The van der Waals surface area contributed by atoms with Crippen molar-refractivity contribution in [2.45, 2.75) is 4.90 Å². The molecule has 0 aliphatic rings. The quantitative estimate of drug-likeness (QED) is 0.225. The fraction of sp³-hybridized carbons (Fsp3) is 0.143. The van der Waals surface area contributed by atoms with E-state index in [2.05, 4.69) is 15.5 Å². The van der Waals surface area contributed by atoms with Crippen LogP contribution in [0.3, 0.4) is 0 Å². The monoisotopic (exact) mass is 540 g/mol. The minimum Gasteiger partial charge on any atom is -0.450 e. The number of thioether (sulfide) groups is 1. The maximum Gasteiger partial charge on any atom is 0.358 e. The summed E-state index contributed by atoms with van der Waals surface area (Å²) in [6.45, 7) is 0. The number of anilines is 1. The topological polar surface area (TPSA) is 135 Å². The molecule has 0 amide bonds. The summed E-state index contributed by atoms with van der Waals surface area (Å²) in [5.74, 6) is -1.06. The van der Waals surface area contributed by atoms with Crippen LogP contribution in [0.15, 0.2) is 62.9 Å². The number of hydrogen-bond donors (Lipinski definition) is 2. The fourth-order valence-electron chi connectivity index (χ4n) is 2.60. The molecule has 2 N–H and O–H groups in total. The van der Waals surface area contributed by atoms with E-state index in [4.69, 9.17) is 37.8 Å². The SMILES string of the molecule is CSCOC(=O)C(=N)/C(Cl)=C(\Nc1ccccc1Cl)c1nnc(-c2cccc(S(C)(=O)=O)c2)o1. The van der Waals surface area contributed by atoms with Crippen molar-refractivity contribution in [3.63, 3.8) is 0 Å². The summed E-state index contributed by atoms with van der Waals surface area (Å²) < 4.78 is 34.5. The molecule has 0 saturated carbocycles. The first-order valence-electron chi connectivity index (χ1n) is 9.42. The molecule has 1 heterocycles. The first-order valence-corrected chi connectivity index (χ1v) is 13.5. The van der Waals surface area contributed by atoms with E-state index in [0.29, 0.717) is 16.3 Å². The Bertz CT molecular complexity index is 1370. The molecule has 9 nitrogen and oxygen atoms in total. The molecule has 3 aromatic rings. The van der Waals surface area contributed by atoms with Crippen LogP contribution < -0.4 is 5.32 Å². The van der Waals surface area contributed by atoms with Gasteiger partial charge in [-0.05, 0) is 36.6 Å². The van der Waals surface area contributed by atoms with Gasteiger partial charge in [-0.1, -0.05) is 41.4 Å². The average Bonchev–Trinajstić information content (AvgIpc) is 3.30. The molecule has 0 spiro atoms. The number of carbonyl (C=O) groups is 1. The third-order valence-electron chi connectivity index (χ3n) is 4.23. The summed E-state index contributed by atoms with van der Waals surface area (Å²) in [7, 11) is -3.46. The summed E-state index contributed by atoms with van der Waals surface area (Å²) >= 11 is 13.9. The smallest absolute Gasteiger partial charge is 0.358 e. The van der Waals surface area contributed by atoms with Crippen LogP contribution in [0.1, 0.15) is 5.89 Å². The van der Waals surface area contributed by atoms with Gasteiger partial charge in [0.1, 0.15) is 16.7 Å². The first kappa shape index (κ1) is 25.8. The lowest BCUT2D eigenvalue weighted by Crippen LogP contribution is -2.19. The number of sulfone groups is 1. The van der Waals surface area contributed by atoms with Crippen LogP contribution in [0.2, 0.25) is 5.02 Å². The number of benzene rings is 2.